The molecule has 0 spiro atoms. The van der Waals surface area contributed by atoms with E-state index in [9.17, 15) is 0 Å². The van der Waals surface area contributed by atoms with Crippen LogP contribution < -0.4 is 10.6 Å². The summed E-state index contributed by atoms with van der Waals surface area (Å²) in [4.78, 5) is 7.34. The van der Waals surface area contributed by atoms with Gasteiger partial charge in [-0.1, -0.05) is 30.3 Å². The Kier molecular flexibility index (Phi) is 10.3. The van der Waals surface area contributed by atoms with Crippen LogP contribution in [-0.4, -0.2) is 49.6 Å². The molecule has 2 rings (SSSR count). The molecule has 0 radical (unpaired) electrons. The molecule has 1 aromatic carbocycles. The zero-order valence-corrected chi connectivity index (χ0v) is 17.6. The molecule has 1 heterocycles. The Hall–Kier alpha value is -0.820. The largest absolute Gasteiger partial charge is 0.357 e. The van der Waals surface area contributed by atoms with Gasteiger partial charge in [-0.05, 0) is 51.6 Å². The monoisotopic (exact) mass is 444 g/mol. The van der Waals surface area contributed by atoms with Gasteiger partial charge in [0.1, 0.15) is 0 Å². The minimum absolute atomic E-state index is 0. The van der Waals surface area contributed by atoms with E-state index in [1.807, 2.05) is 0 Å². The molecular weight excluding hydrogens is 411 g/mol. The van der Waals surface area contributed by atoms with Crippen molar-refractivity contribution in [2.75, 3.05) is 32.7 Å². The van der Waals surface area contributed by atoms with Crippen molar-refractivity contribution in [3.05, 3.63) is 35.9 Å². The summed E-state index contributed by atoms with van der Waals surface area (Å²) in [6.45, 7) is 11.8. The Labute approximate surface area is 164 Å². The average molecular weight is 444 g/mol. The molecule has 1 aliphatic rings. The lowest BCUT2D eigenvalue weighted by Crippen LogP contribution is -2.41. The number of benzene rings is 1. The highest BCUT2D eigenvalue weighted by Crippen LogP contribution is 2.17. The molecule has 5 heteroatoms. The van der Waals surface area contributed by atoms with Crippen LogP contribution in [0.15, 0.2) is 35.3 Å². The summed E-state index contributed by atoms with van der Waals surface area (Å²) in [5, 5.41) is 6.71. The maximum atomic E-state index is 4.76. The zero-order valence-electron chi connectivity index (χ0n) is 15.3. The first-order valence-corrected chi connectivity index (χ1v) is 8.98. The molecule has 1 aliphatic heterocycles. The highest BCUT2D eigenvalue weighted by molar-refractivity contribution is 14.0. The first kappa shape index (κ1) is 21.2. The van der Waals surface area contributed by atoms with E-state index in [2.05, 4.69) is 66.6 Å². The molecule has 1 saturated heterocycles. The topological polar surface area (TPSA) is 39.7 Å². The van der Waals surface area contributed by atoms with Crippen molar-refractivity contribution in [1.82, 2.24) is 15.5 Å². The summed E-state index contributed by atoms with van der Waals surface area (Å²) >= 11 is 0. The van der Waals surface area contributed by atoms with Crippen LogP contribution in [0.25, 0.3) is 0 Å². The maximum Gasteiger partial charge on any atom is 0.191 e. The number of nitrogens with zero attached hydrogens (tertiary/aromatic N) is 2. The number of rotatable bonds is 7. The second kappa shape index (κ2) is 11.7. The van der Waals surface area contributed by atoms with Crippen molar-refractivity contribution in [2.24, 2.45) is 10.9 Å². The molecule has 1 aromatic rings. The van der Waals surface area contributed by atoms with Crippen LogP contribution >= 0.6 is 24.0 Å². The number of nitrogens with one attached hydrogen (secondary N) is 2. The van der Waals surface area contributed by atoms with Gasteiger partial charge in [0.05, 0.1) is 0 Å². The van der Waals surface area contributed by atoms with Crippen molar-refractivity contribution < 1.29 is 0 Å². The number of aliphatic imine (C=N–C) groups is 1. The number of likely N-dealkylation sites (tertiary alicyclic amines) is 1. The fourth-order valence-corrected chi connectivity index (χ4v) is 3.01. The summed E-state index contributed by atoms with van der Waals surface area (Å²) in [6, 6.07) is 11.2. The Balaban J connectivity index is 0.00000288. The van der Waals surface area contributed by atoms with Gasteiger partial charge in [-0.2, -0.15) is 0 Å². The predicted octanol–water partition coefficient (Wildman–Crippen LogP) is 3.13. The Morgan fingerprint density at radius 2 is 2.04 bits per heavy atom. The molecule has 1 fully saturated rings. The van der Waals surface area contributed by atoms with E-state index in [1.165, 1.54) is 25.1 Å². The minimum Gasteiger partial charge on any atom is -0.357 e. The van der Waals surface area contributed by atoms with Crippen molar-refractivity contribution in [2.45, 2.75) is 39.7 Å². The standard InChI is InChI=1S/C19H32N4.HI/c1-4-20-19(22-16(2)3)21-14-18-11-13-23(15-18)12-10-17-8-6-5-7-9-17;/h5-9,16,18H,4,10-15H2,1-3H3,(H2,20,21,22);1H. The van der Waals surface area contributed by atoms with Gasteiger partial charge < -0.3 is 15.5 Å². The molecular formula is C19H33IN4. The van der Waals surface area contributed by atoms with E-state index in [-0.39, 0.29) is 24.0 Å². The van der Waals surface area contributed by atoms with Crippen LogP contribution in [0, 0.1) is 5.92 Å². The van der Waals surface area contributed by atoms with Gasteiger partial charge in [0.2, 0.25) is 0 Å². The maximum absolute atomic E-state index is 4.76. The highest BCUT2D eigenvalue weighted by Gasteiger charge is 2.21. The van der Waals surface area contributed by atoms with Gasteiger partial charge in [-0.15, -0.1) is 24.0 Å². The number of hydrogen-bond acceptors (Lipinski definition) is 2. The third-order valence-electron chi connectivity index (χ3n) is 4.21. The lowest BCUT2D eigenvalue weighted by Gasteiger charge is -2.17. The Morgan fingerprint density at radius 3 is 2.71 bits per heavy atom. The zero-order chi connectivity index (χ0) is 16.5. The van der Waals surface area contributed by atoms with Crippen molar-refractivity contribution in [3.8, 4) is 0 Å². The van der Waals surface area contributed by atoms with E-state index in [0.29, 0.717) is 12.0 Å². The van der Waals surface area contributed by atoms with Crippen LogP contribution in [0.3, 0.4) is 0 Å². The smallest absolute Gasteiger partial charge is 0.191 e. The van der Waals surface area contributed by atoms with Crippen LogP contribution in [-0.2, 0) is 6.42 Å². The Morgan fingerprint density at radius 1 is 1.29 bits per heavy atom. The average Bonchev–Trinajstić information content (AvgIpc) is 2.99. The number of halogens is 1. The molecule has 136 valence electrons. The van der Waals surface area contributed by atoms with Gasteiger partial charge in [-0.25, -0.2) is 0 Å². The van der Waals surface area contributed by atoms with Gasteiger partial charge in [0, 0.05) is 32.2 Å². The lowest BCUT2D eigenvalue weighted by atomic mass is 10.1. The van der Waals surface area contributed by atoms with Crippen molar-refractivity contribution in [3.63, 3.8) is 0 Å². The first-order valence-electron chi connectivity index (χ1n) is 8.98. The predicted molar refractivity (Wildman–Crippen MR) is 114 cm³/mol. The fraction of sp³-hybridized carbons (Fsp3) is 0.632. The molecule has 1 atom stereocenters. The van der Waals surface area contributed by atoms with Gasteiger partial charge in [-0.3, -0.25) is 4.99 Å². The third-order valence-corrected chi connectivity index (χ3v) is 4.21. The van der Waals surface area contributed by atoms with Gasteiger partial charge >= 0.3 is 0 Å². The minimum atomic E-state index is 0. The Bertz CT molecular complexity index is 476. The van der Waals surface area contributed by atoms with Crippen molar-refractivity contribution >= 4 is 29.9 Å². The summed E-state index contributed by atoms with van der Waals surface area (Å²) in [5.74, 6) is 1.64. The molecule has 4 nitrogen and oxygen atoms in total. The van der Waals surface area contributed by atoms with Crippen LogP contribution in [0.2, 0.25) is 0 Å². The third kappa shape index (κ3) is 7.83. The summed E-state index contributed by atoms with van der Waals surface area (Å²) in [7, 11) is 0. The number of hydrogen-bond donors (Lipinski definition) is 2. The molecule has 1 unspecified atom stereocenters. The van der Waals surface area contributed by atoms with E-state index in [4.69, 9.17) is 4.99 Å². The molecule has 0 aromatic heterocycles. The second-order valence-corrected chi connectivity index (χ2v) is 6.71. The van der Waals surface area contributed by atoms with Gasteiger partial charge in [0.25, 0.3) is 0 Å². The van der Waals surface area contributed by atoms with E-state index in [1.54, 1.807) is 0 Å². The van der Waals surface area contributed by atoms with E-state index >= 15 is 0 Å². The van der Waals surface area contributed by atoms with Gasteiger partial charge in [0.15, 0.2) is 5.96 Å². The SMILES string of the molecule is CCNC(=NCC1CCN(CCc2ccccc2)C1)NC(C)C.I. The van der Waals surface area contributed by atoms with E-state index in [0.717, 1.165) is 32.0 Å². The molecule has 0 bridgehead atoms. The molecule has 24 heavy (non-hydrogen) atoms. The molecule has 0 aliphatic carbocycles. The second-order valence-electron chi connectivity index (χ2n) is 6.71. The highest BCUT2D eigenvalue weighted by atomic mass is 127. The quantitative estimate of drug-likeness (QED) is 0.386. The lowest BCUT2D eigenvalue weighted by molar-refractivity contribution is 0.329. The van der Waals surface area contributed by atoms with Crippen LogP contribution in [0.1, 0.15) is 32.8 Å². The van der Waals surface area contributed by atoms with Crippen molar-refractivity contribution in [1.29, 1.82) is 0 Å². The number of guanidine groups is 1. The van der Waals surface area contributed by atoms with Crippen LogP contribution in [0.4, 0.5) is 0 Å². The molecule has 2 N–H and O–H groups in total. The summed E-state index contributed by atoms with van der Waals surface area (Å²) < 4.78 is 0. The summed E-state index contributed by atoms with van der Waals surface area (Å²) in [6.07, 6.45) is 2.41. The molecule has 0 saturated carbocycles. The van der Waals surface area contributed by atoms with E-state index < -0.39 is 0 Å². The van der Waals surface area contributed by atoms with Crippen LogP contribution in [0.5, 0.6) is 0 Å². The first-order chi connectivity index (χ1) is 11.2. The summed E-state index contributed by atoms with van der Waals surface area (Å²) in [5.41, 5.74) is 1.43. The fourth-order valence-electron chi connectivity index (χ4n) is 3.01. The normalized spacial score (nSPS) is 18.5. The molecule has 0 amide bonds.